The van der Waals surface area contributed by atoms with Gasteiger partial charge in [0.1, 0.15) is 6.04 Å². The molecule has 7 nitrogen and oxygen atoms in total. The molecular weight excluding hydrogens is 404 g/mol. The summed E-state index contributed by atoms with van der Waals surface area (Å²) in [7, 11) is -3.82. The Labute approximate surface area is 174 Å². The number of H-pyrrole nitrogens is 1. The van der Waals surface area contributed by atoms with Crippen LogP contribution < -0.4 is 0 Å². The number of Topliss-reactive ketones (excluding diaryl/α,β-unsaturated/α-hetero) is 1. The summed E-state index contributed by atoms with van der Waals surface area (Å²) in [5, 5.41) is 0.753. The van der Waals surface area contributed by atoms with Crippen molar-refractivity contribution in [3.8, 4) is 0 Å². The molecule has 0 unspecified atom stereocenters. The maximum Gasteiger partial charge on any atom is 0.324 e. The second-order valence-corrected chi connectivity index (χ2v) is 9.26. The minimum Gasteiger partial charge on any atom is -0.456 e. The topological polar surface area (TPSA) is 96.5 Å². The Kier molecular flexibility index (Phi) is 5.44. The first-order valence-electron chi connectivity index (χ1n) is 9.72. The SMILES string of the molecule is Cc1ccc(S(=O)(=O)N2CCC[C@@H]2C(=O)OCC(=O)c2c[nH]c3ccccc23)cc1. The molecule has 3 aromatic rings. The Hall–Kier alpha value is -2.97. The molecule has 30 heavy (non-hydrogen) atoms. The number of esters is 1. The number of fused-ring (bicyclic) bond motifs is 1. The summed E-state index contributed by atoms with van der Waals surface area (Å²) in [5.74, 6) is -1.04. The lowest BCUT2D eigenvalue weighted by atomic mass is 10.1. The second-order valence-electron chi connectivity index (χ2n) is 7.37. The van der Waals surface area contributed by atoms with Crippen molar-refractivity contribution in [1.29, 1.82) is 0 Å². The molecule has 0 amide bonds. The van der Waals surface area contributed by atoms with E-state index in [4.69, 9.17) is 4.74 Å². The van der Waals surface area contributed by atoms with Gasteiger partial charge in [-0.25, -0.2) is 8.42 Å². The minimum absolute atomic E-state index is 0.141. The molecule has 2 heterocycles. The van der Waals surface area contributed by atoms with Gasteiger partial charge in [-0.2, -0.15) is 4.31 Å². The van der Waals surface area contributed by atoms with Crippen LogP contribution in [0.4, 0.5) is 0 Å². The first-order valence-corrected chi connectivity index (χ1v) is 11.2. The molecule has 0 radical (unpaired) electrons. The minimum atomic E-state index is -3.82. The van der Waals surface area contributed by atoms with Gasteiger partial charge in [-0.3, -0.25) is 9.59 Å². The van der Waals surface area contributed by atoms with Gasteiger partial charge >= 0.3 is 5.97 Å². The third-order valence-electron chi connectivity index (χ3n) is 5.34. The van der Waals surface area contributed by atoms with Crippen LogP contribution in [0.5, 0.6) is 0 Å². The van der Waals surface area contributed by atoms with E-state index in [1.54, 1.807) is 18.3 Å². The number of benzene rings is 2. The molecule has 0 bridgehead atoms. The number of carbonyl (C=O) groups excluding carboxylic acids is 2. The van der Waals surface area contributed by atoms with Crippen LogP contribution in [-0.2, 0) is 19.6 Å². The van der Waals surface area contributed by atoms with Gasteiger partial charge < -0.3 is 9.72 Å². The van der Waals surface area contributed by atoms with Gasteiger partial charge in [-0.1, -0.05) is 35.9 Å². The van der Waals surface area contributed by atoms with Crippen LogP contribution in [0.3, 0.4) is 0 Å². The zero-order valence-corrected chi connectivity index (χ0v) is 17.3. The maximum absolute atomic E-state index is 13.0. The van der Waals surface area contributed by atoms with E-state index in [-0.39, 0.29) is 17.2 Å². The van der Waals surface area contributed by atoms with Crippen LogP contribution in [-0.4, -0.2) is 48.7 Å². The molecule has 4 rings (SSSR count). The lowest BCUT2D eigenvalue weighted by Gasteiger charge is -2.22. The summed E-state index contributed by atoms with van der Waals surface area (Å²) in [6.45, 7) is 1.68. The van der Waals surface area contributed by atoms with Gasteiger partial charge in [0.25, 0.3) is 0 Å². The molecule has 0 spiro atoms. The van der Waals surface area contributed by atoms with Crippen LogP contribution in [0.15, 0.2) is 59.6 Å². The average Bonchev–Trinajstić information content (AvgIpc) is 3.40. The molecule has 1 atom stereocenters. The largest absolute Gasteiger partial charge is 0.456 e. The molecule has 1 aliphatic rings. The average molecular weight is 426 g/mol. The third kappa shape index (κ3) is 3.76. The summed E-state index contributed by atoms with van der Waals surface area (Å²) in [6, 6.07) is 12.9. The number of ether oxygens (including phenoxy) is 1. The number of nitrogens with one attached hydrogen (secondary N) is 1. The standard InChI is InChI=1S/C22H22N2O5S/c1-15-8-10-16(11-9-15)30(27,28)24-12-4-7-20(24)22(26)29-14-21(25)18-13-23-19-6-3-2-5-17(18)19/h2-3,5-6,8-11,13,20,23H,4,7,12,14H2,1H3/t20-/m1/s1. The highest BCUT2D eigenvalue weighted by atomic mass is 32.2. The Morgan fingerprint density at radius 3 is 2.63 bits per heavy atom. The van der Waals surface area contributed by atoms with Crippen molar-refractivity contribution in [2.75, 3.05) is 13.2 Å². The number of sulfonamides is 1. The van der Waals surface area contributed by atoms with Crippen LogP contribution in [0.25, 0.3) is 10.9 Å². The number of nitrogens with zero attached hydrogens (tertiary/aromatic N) is 1. The summed E-state index contributed by atoms with van der Waals surface area (Å²) in [5.41, 5.74) is 2.20. The molecule has 1 N–H and O–H groups in total. The van der Waals surface area contributed by atoms with Gasteiger partial charge in [0.15, 0.2) is 6.61 Å². The predicted octanol–water partition coefficient (Wildman–Crippen LogP) is 3.06. The number of para-hydroxylation sites is 1. The van der Waals surface area contributed by atoms with Crippen molar-refractivity contribution >= 4 is 32.7 Å². The molecule has 1 aromatic heterocycles. The van der Waals surface area contributed by atoms with Crippen molar-refractivity contribution in [3.05, 3.63) is 65.9 Å². The zero-order valence-electron chi connectivity index (χ0n) is 16.5. The van der Waals surface area contributed by atoms with Crippen molar-refractivity contribution in [3.63, 3.8) is 0 Å². The fourth-order valence-corrected chi connectivity index (χ4v) is 5.37. The summed E-state index contributed by atoms with van der Waals surface area (Å²) in [4.78, 5) is 28.3. The van der Waals surface area contributed by atoms with E-state index in [9.17, 15) is 18.0 Å². The monoisotopic (exact) mass is 426 g/mol. The number of hydrogen-bond acceptors (Lipinski definition) is 5. The van der Waals surface area contributed by atoms with E-state index in [2.05, 4.69) is 4.98 Å². The van der Waals surface area contributed by atoms with E-state index in [1.165, 1.54) is 16.4 Å². The van der Waals surface area contributed by atoms with E-state index >= 15 is 0 Å². The molecule has 156 valence electrons. The molecule has 1 saturated heterocycles. The van der Waals surface area contributed by atoms with Crippen LogP contribution in [0.1, 0.15) is 28.8 Å². The molecular formula is C22H22N2O5S. The summed E-state index contributed by atoms with van der Waals surface area (Å²) >= 11 is 0. The highest BCUT2D eigenvalue weighted by Gasteiger charge is 2.40. The third-order valence-corrected chi connectivity index (χ3v) is 7.26. The molecule has 1 fully saturated rings. The Morgan fingerprint density at radius 1 is 1.13 bits per heavy atom. The number of carbonyl (C=O) groups is 2. The molecule has 1 aliphatic heterocycles. The second kappa shape index (κ2) is 8.04. The van der Waals surface area contributed by atoms with Crippen molar-refractivity contribution in [2.24, 2.45) is 0 Å². The van der Waals surface area contributed by atoms with Gasteiger partial charge in [-0.05, 0) is 38.0 Å². The summed E-state index contributed by atoms with van der Waals surface area (Å²) in [6.07, 6.45) is 2.51. The Bertz CT molecular complexity index is 1200. The lowest BCUT2D eigenvalue weighted by Crippen LogP contribution is -2.41. The number of rotatable bonds is 6. The Morgan fingerprint density at radius 2 is 1.87 bits per heavy atom. The highest BCUT2D eigenvalue weighted by molar-refractivity contribution is 7.89. The van der Waals surface area contributed by atoms with Gasteiger partial charge in [0, 0.05) is 29.2 Å². The molecule has 2 aromatic carbocycles. The molecule has 8 heteroatoms. The predicted molar refractivity (Wildman–Crippen MR) is 112 cm³/mol. The number of hydrogen-bond donors (Lipinski definition) is 1. The van der Waals surface area contributed by atoms with Crippen LogP contribution in [0.2, 0.25) is 0 Å². The number of aryl methyl sites for hydroxylation is 1. The molecule has 0 saturated carbocycles. The summed E-state index contributed by atoms with van der Waals surface area (Å²) < 4.78 is 32.4. The maximum atomic E-state index is 13.0. The number of aromatic nitrogens is 1. The Balaban J connectivity index is 1.46. The van der Waals surface area contributed by atoms with Gasteiger partial charge in [0.05, 0.1) is 4.90 Å². The zero-order chi connectivity index (χ0) is 21.3. The van der Waals surface area contributed by atoms with E-state index in [0.29, 0.717) is 18.4 Å². The van der Waals surface area contributed by atoms with E-state index in [0.717, 1.165) is 16.5 Å². The number of ketones is 1. The smallest absolute Gasteiger partial charge is 0.324 e. The van der Waals surface area contributed by atoms with E-state index < -0.39 is 28.6 Å². The van der Waals surface area contributed by atoms with E-state index in [1.807, 2.05) is 31.2 Å². The van der Waals surface area contributed by atoms with Crippen molar-refractivity contribution < 1.29 is 22.7 Å². The first-order chi connectivity index (χ1) is 14.4. The van der Waals surface area contributed by atoms with Crippen LogP contribution in [0, 0.1) is 6.92 Å². The van der Waals surface area contributed by atoms with Gasteiger partial charge in [-0.15, -0.1) is 0 Å². The highest BCUT2D eigenvalue weighted by Crippen LogP contribution is 2.27. The lowest BCUT2D eigenvalue weighted by molar-refractivity contribution is -0.146. The normalized spacial score (nSPS) is 17.3. The van der Waals surface area contributed by atoms with Gasteiger partial charge in [0.2, 0.25) is 15.8 Å². The quantitative estimate of drug-likeness (QED) is 0.483. The van der Waals surface area contributed by atoms with Crippen molar-refractivity contribution in [1.82, 2.24) is 9.29 Å². The fraction of sp³-hybridized carbons (Fsp3) is 0.273. The van der Waals surface area contributed by atoms with Crippen molar-refractivity contribution in [2.45, 2.75) is 30.7 Å². The van der Waals surface area contributed by atoms with Crippen LogP contribution >= 0.6 is 0 Å². The number of aromatic amines is 1. The fourth-order valence-electron chi connectivity index (χ4n) is 3.72. The molecule has 0 aliphatic carbocycles. The first kappa shape index (κ1) is 20.3.